The summed E-state index contributed by atoms with van der Waals surface area (Å²) in [6.07, 6.45) is 0. The number of carbonyl (C=O) groups excluding carboxylic acids is 2. The third-order valence-electron chi connectivity index (χ3n) is 3.03. The van der Waals surface area contributed by atoms with Crippen LogP contribution in [0.25, 0.3) is 0 Å². The second-order valence-corrected chi connectivity index (χ2v) is 5.44. The van der Waals surface area contributed by atoms with Gasteiger partial charge in [0.15, 0.2) is 0 Å². The second kappa shape index (κ2) is 5.09. The minimum atomic E-state index is -0.834. The van der Waals surface area contributed by atoms with Crippen molar-refractivity contribution >= 4 is 28.5 Å². The van der Waals surface area contributed by atoms with Gasteiger partial charge in [-0.15, -0.1) is 0 Å². The normalized spacial score (nSPS) is 16.9. The molecule has 0 fully saturated rings. The lowest BCUT2D eigenvalue weighted by molar-refractivity contribution is -0.123. The highest BCUT2D eigenvalue weighted by Crippen LogP contribution is 2.41. The molecule has 1 aliphatic heterocycles. The average Bonchev–Trinajstić information content (AvgIpc) is 2.74. The summed E-state index contributed by atoms with van der Waals surface area (Å²) in [6.45, 7) is 0. The molecule has 1 atom stereocenters. The Balaban J connectivity index is 1.86. The fraction of sp³-hybridized carbons (Fsp3) is 0.0667. The summed E-state index contributed by atoms with van der Waals surface area (Å²) >= 11 is 1.07. The highest BCUT2D eigenvalue weighted by Gasteiger charge is 2.36. The van der Waals surface area contributed by atoms with E-state index in [0.29, 0.717) is 11.3 Å². The largest absolute Gasteiger partial charge is 0.325 e. The summed E-state index contributed by atoms with van der Waals surface area (Å²) in [5.41, 5.74) is 1.05. The van der Waals surface area contributed by atoms with Gasteiger partial charge in [0.25, 0.3) is 0 Å². The lowest BCUT2D eigenvalue weighted by Gasteiger charge is -2.10. The Hall–Kier alpha value is -2.14. The van der Waals surface area contributed by atoms with Crippen LogP contribution in [0.3, 0.4) is 0 Å². The summed E-state index contributed by atoms with van der Waals surface area (Å²) in [6, 6.07) is 12.8. The number of amides is 1. The van der Waals surface area contributed by atoms with Crippen LogP contribution < -0.4 is 5.32 Å². The molecule has 2 aromatic rings. The molecule has 5 heteroatoms. The number of hydrogen-bond donors (Lipinski definition) is 1. The first kappa shape index (κ1) is 12.9. The van der Waals surface area contributed by atoms with E-state index in [1.54, 1.807) is 18.2 Å². The van der Waals surface area contributed by atoms with Crippen molar-refractivity contribution in [1.82, 2.24) is 0 Å². The first-order valence-corrected chi connectivity index (χ1v) is 6.84. The lowest BCUT2D eigenvalue weighted by Crippen LogP contribution is -2.23. The van der Waals surface area contributed by atoms with Crippen LogP contribution in [0.4, 0.5) is 10.1 Å². The van der Waals surface area contributed by atoms with Gasteiger partial charge in [0.1, 0.15) is 11.7 Å². The fourth-order valence-corrected chi connectivity index (χ4v) is 3.15. The molecule has 0 spiro atoms. The van der Waals surface area contributed by atoms with Crippen LogP contribution in [0.5, 0.6) is 0 Å². The molecule has 0 aliphatic carbocycles. The standard InChI is InChI=1S/C15H10FNO2S/c16-9-4-3-5-10(8-9)17-14(18)13-11-6-1-2-7-12(11)20-15(13)19/h1-8,13H,(H,17,18). The summed E-state index contributed by atoms with van der Waals surface area (Å²) < 4.78 is 13.1. The van der Waals surface area contributed by atoms with Crippen molar-refractivity contribution in [3.05, 3.63) is 59.9 Å². The molecular formula is C15H10FNO2S. The van der Waals surface area contributed by atoms with Gasteiger partial charge in [-0.1, -0.05) is 36.0 Å². The second-order valence-electron chi connectivity index (χ2n) is 4.39. The van der Waals surface area contributed by atoms with Crippen molar-refractivity contribution in [3.63, 3.8) is 0 Å². The fourth-order valence-electron chi connectivity index (χ4n) is 2.14. The number of halogens is 1. The monoisotopic (exact) mass is 287 g/mol. The molecule has 20 heavy (non-hydrogen) atoms. The first-order chi connectivity index (χ1) is 9.65. The molecule has 3 rings (SSSR count). The summed E-state index contributed by atoms with van der Waals surface area (Å²) in [5, 5.41) is 2.37. The van der Waals surface area contributed by atoms with Gasteiger partial charge >= 0.3 is 0 Å². The van der Waals surface area contributed by atoms with Gasteiger partial charge in [-0.3, -0.25) is 9.59 Å². The van der Waals surface area contributed by atoms with Crippen molar-refractivity contribution in [2.75, 3.05) is 5.32 Å². The minimum Gasteiger partial charge on any atom is -0.325 e. The van der Waals surface area contributed by atoms with E-state index in [2.05, 4.69) is 5.32 Å². The average molecular weight is 287 g/mol. The van der Waals surface area contributed by atoms with E-state index in [9.17, 15) is 14.0 Å². The zero-order chi connectivity index (χ0) is 14.1. The van der Waals surface area contributed by atoms with Crippen LogP contribution in [-0.2, 0) is 9.59 Å². The highest BCUT2D eigenvalue weighted by molar-refractivity contribution is 8.14. The van der Waals surface area contributed by atoms with Gasteiger partial charge in [0, 0.05) is 10.6 Å². The Morgan fingerprint density at radius 3 is 2.75 bits per heavy atom. The zero-order valence-corrected chi connectivity index (χ0v) is 11.1. The molecule has 1 heterocycles. The number of benzene rings is 2. The number of nitrogens with one attached hydrogen (secondary N) is 1. The molecule has 1 unspecified atom stereocenters. The molecule has 1 aliphatic rings. The molecule has 0 bridgehead atoms. The van der Waals surface area contributed by atoms with Crippen LogP contribution in [0, 0.1) is 5.82 Å². The summed E-state index contributed by atoms with van der Waals surface area (Å²) in [5.74, 6) is -1.70. The van der Waals surface area contributed by atoms with Crippen LogP contribution in [0.15, 0.2) is 53.4 Å². The SMILES string of the molecule is O=C(Nc1cccc(F)c1)C1C(=O)Sc2ccccc21. The summed E-state index contributed by atoms with van der Waals surface area (Å²) in [4.78, 5) is 25.0. The number of anilines is 1. The quantitative estimate of drug-likeness (QED) is 0.863. The topological polar surface area (TPSA) is 46.2 Å². The highest BCUT2D eigenvalue weighted by atomic mass is 32.2. The van der Waals surface area contributed by atoms with E-state index in [-0.39, 0.29) is 5.12 Å². The Kier molecular flexibility index (Phi) is 3.28. The third-order valence-corrected chi connectivity index (χ3v) is 4.06. The smallest absolute Gasteiger partial charge is 0.240 e. The van der Waals surface area contributed by atoms with E-state index in [1.807, 2.05) is 12.1 Å². The number of thioether (sulfide) groups is 1. The molecule has 0 saturated heterocycles. The van der Waals surface area contributed by atoms with Gasteiger partial charge < -0.3 is 5.32 Å². The minimum absolute atomic E-state index is 0.208. The van der Waals surface area contributed by atoms with Gasteiger partial charge in [0.05, 0.1) is 0 Å². The van der Waals surface area contributed by atoms with Crippen molar-refractivity contribution in [2.45, 2.75) is 10.8 Å². The lowest BCUT2D eigenvalue weighted by atomic mass is 10.00. The predicted molar refractivity (Wildman–Crippen MR) is 75.1 cm³/mol. The van der Waals surface area contributed by atoms with E-state index < -0.39 is 17.6 Å². The number of fused-ring (bicyclic) bond motifs is 1. The Morgan fingerprint density at radius 2 is 1.95 bits per heavy atom. The van der Waals surface area contributed by atoms with Crippen molar-refractivity contribution < 1.29 is 14.0 Å². The predicted octanol–water partition coefficient (Wildman–Crippen LogP) is 3.18. The molecular weight excluding hydrogens is 277 g/mol. The third kappa shape index (κ3) is 2.32. The maximum absolute atomic E-state index is 13.1. The van der Waals surface area contributed by atoms with Gasteiger partial charge in [-0.25, -0.2) is 4.39 Å². The maximum atomic E-state index is 13.1. The van der Waals surface area contributed by atoms with Crippen LogP contribution in [0.2, 0.25) is 0 Å². The first-order valence-electron chi connectivity index (χ1n) is 6.02. The van der Waals surface area contributed by atoms with Crippen molar-refractivity contribution in [1.29, 1.82) is 0 Å². The molecule has 0 aromatic heterocycles. The Morgan fingerprint density at radius 1 is 1.15 bits per heavy atom. The summed E-state index contributed by atoms with van der Waals surface area (Å²) in [7, 11) is 0. The number of hydrogen-bond acceptors (Lipinski definition) is 3. The van der Waals surface area contributed by atoms with Crippen LogP contribution in [-0.4, -0.2) is 11.0 Å². The molecule has 100 valence electrons. The molecule has 0 radical (unpaired) electrons. The molecule has 1 amide bonds. The Labute approximate surface area is 119 Å². The zero-order valence-electron chi connectivity index (χ0n) is 10.3. The van der Waals surface area contributed by atoms with Gasteiger partial charge in [0.2, 0.25) is 11.0 Å². The molecule has 1 N–H and O–H groups in total. The van der Waals surface area contributed by atoms with Crippen LogP contribution in [0.1, 0.15) is 11.5 Å². The van der Waals surface area contributed by atoms with Crippen molar-refractivity contribution in [3.8, 4) is 0 Å². The van der Waals surface area contributed by atoms with E-state index >= 15 is 0 Å². The molecule has 0 saturated carbocycles. The Bertz CT molecular complexity index is 702. The van der Waals surface area contributed by atoms with Gasteiger partial charge in [-0.2, -0.15) is 0 Å². The molecule has 2 aromatic carbocycles. The van der Waals surface area contributed by atoms with E-state index in [1.165, 1.54) is 18.2 Å². The van der Waals surface area contributed by atoms with Crippen LogP contribution >= 0.6 is 11.8 Å². The van der Waals surface area contributed by atoms with Gasteiger partial charge in [-0.05, 0) is 29.8 Å². The number of rotatable bonds is 2. The van der Waals surface area contributed by atoms with E-state index in [4.69, 9.17) is 0 Å². The van der Waals surface area contributed by atoms with Crippen molar-refractivity contribution in [2.24, 2.45) is 0 Å². The number of carbonyl (C=O) groups is 2. The molecule has 3 nitrogen and oxygen atoms in total. The maximum Gasteiger partial charge on any atom is 0.240 e. The van der Waals surface area contributed by atoms with E-state index in [0.717, 1.165) is 16.7 Å².